The number of carbonyl (C=O) groups excluding carboxylic acids is 1. The summed E-state index contributed by atoms with van der Waals surface area (Å²) in [5.41, 5.74) is -0.339. The first-order valence-corrected chi connectivity index (χ1v) is 6.56. The van der Waals surface area contributed by atoms with Crippen molar-refractivity contribution in [1.29, 1.82) is 0 Å². The van der Waals surface area contributed by atoms with Crippen molar-refractivity contribution in [1.82, 2.24) is 5.32 Å². The van der Waals surface area contributed by atoms with Crippen molar-refractivity contribution in [3.8, 4) is 0 Å². The largest absolute Gasteiger partial charge is 0.394 e. The molecule has 0 aliphatic heterocycles. The molecule has 16 heavy (non-hydrogen) atoms. The lowest BCUT2D eigenvalue weighted by Crippen LogP contribution is -2.49. The van der Waals surface area contributed by atoms with E-state index in [4.69, 9.17) is 0 Å². The molecule has 1 aliphatic carbocycles. The molecule has 0 radical (unpaired) electrons. The van der Waals surface area contributed by atoms with Crippen molar-refractivity contribution in [3.63, 3.8) is 0 Å². The van der Waals surface area contributed by atoms with Crippen LogP contribution >= 0.6 is 11.3 Å². The molecule has 88 valence electrons. The van der Waals surface area contributed by atoms with Crippen LogP contribution < -0.4 is 5.32 Å². The molecular weight excluding hydrogens is 222 g/mol. The number of aliphatic hydroxyl groups is 1. The minimum atomic E-state index is -0.339. The van der Waals surface area contributed by atoms with Crippen LogP contribution in [0, 0.1) is 0 Å². The van der Waals surface area contributed by atoms with E-state index in [1.165, 1.54) is 0 Å². The van der Waals surface area contributed by atoms with E-state index in [-0.39, 0.29) is 18.1 Å². The van der Waals surface area contributed by atoms with Gasteiger partial charge in [0.05, 0.1) is 18.6 Å². The number of amides is 1. The third-order valence-corrected chi connectivity index (χ3v) is 4.06. The minimum Gasteiger partial charge on any atom is -0.394 e. The van der Waals surface area contributed by atoms with Gasteiger partial charge in [-0.25, -0.2) is 0 Å². The third kappa shape index (κ3) is 2.62. The quantitative estimate of drug-likeness (QED) is 0.840. The number of hydrogen-bond donors (Lipinski definition) is 2. The summed E-state index contributed by atoms with van der Waals surface area (Å²) in [6, 6.07) is 3.91. The van der Waals surface area contributed by atoms with Gasteiger partial charge in [0.2, 0.25) is 5.91 Å². The molecule has 2 rings (SSSR count). The lowest BCUT2D eigenvalue weighted by atomic mass is 9.98. The lowest BCUT2D eigenvalue weighted by molar-refractivity contribution is -0.122. The molecular formula is C12H17NO2S. The van der Waals surface area contributed by atoms with Gasteiger partial charge in [0.15, 0.2) is 0 Å². The van der Waals surface area contributed by atoms with Crippen molar-refractivity contribution in [2.75, 3.05) is 6.61 Å². The molecule has 1 aromatic heterocycles. The van der Waals surface area contributed by atoms with E-state index in [0.717, 1.165) is 30.6 Å². The molecule has 2 N–H and O–H groups in total. The highest BCUT2D eigenvalue weighted by molar-refractivity contribution is 7.10. The topological polar surface area (TPSA) is 49.3 Å². The van der Waals surface area contributed by atoms with Gasteiger partial charge >= 0.3 is 0 Å². The van der Waals surface area contributed by atoms with Crippen LogP contribution in [0.4, 0.5) is 0 Å². The second kappa shape index (κ2) is 4.97. The zero-order chi connectivity index (χ0) is 11.4. The van der Waals surface area contributed by atoms with Crippen molar-refractivity contribution in [2.24, 2.45) is 0 Å². The van der Waals surface area contributed by atoms with E-state index < -0.39 is 0 Å². The second-order valence-electron chi connectivity index (χ2n) is 4.45. The summed E-state index contributed by atoms with van der Waals surface area (Å²) in [7, 11) is 0. The van der Waals surface area contributed by atoms with Gasteiger partial charge < -0.3 is 10.4 Å². The molecule has 4 heteroatoms. The Morgan fingerprint density at radius 1 is 1.50 bits per heavy atom. The highest BCUT2D eigenvalue weighted by atomic mass is 32.1. The first kappa shape index (κ1) is 11.6. The van der Waals surface area contributed by atoms with Crippen molar-refractivity contribution < 1.29 is 9.90 Å². The van der Waals surface area contributed by atoms with Gasteiger partial charge in [-0.05, 0) is 24.3 Å². The Hall–Kier alpha value is -0.870. The molecule has 0 atom stereocenters. The zero-order valence-corrected chi connectivity index (χ0v) is 10.1. The molecule has 3 nitrogen and oxygen atoms in total. The lowest BCUT2D eigenvalue weighted by Gasteiger charge is -2.27. The Bertz CT molecular complexity index is 342. The van der Waals surface area contributed by atoms with Crippen LogP contribution in [0.15, 0.2) is 17.5 Å². The molecule has 1 heterocycles. The standard InChI is InChI=1S/C12H17NO2S/c14-9-12(5-1-2-6-12)13-11(15)8-10-4-3-7-16-10/h3-4,7,14H,1-2,5-6,8-9H2,(H,13,15). The number of rotatable bonds is 4. The van der Waals surface area contributed by atoms with Gasteiger partial charge in [0.1, 0.15) is 0 Å². The maximum atomic E-state index is 11.8. The molecule has 1 fully saturated rings. The first-order valence-electron chi connectivity index (χ1n) is 5.68. The summed E-state index contributed by atoms with van der Waals surface area (Å²) >= 11 is 1.59. The minimum absolute atomic E-state index is 0.0263. The van der Waals surface area contributed by atoms with Gasteiger partial charge in [-0.3, -0.25) is 4.79 Å². The van der Waals surface area contributed by atoms with Gasteiger partial charge in [0, 0.05) is 4.88 Å². The Morgan fingerprint density at radius 2 is 2.25 bits per heavy atom. The highest BCUT2D eigenvalue weighted by Gasteiger charge is 2.34. The molecule has 1 aliphatic rings. The summed E-state index contributed by atoms with van der Waals surface area (Å²) in [5, 5.41) is 14.3. The third-order valence-electron chi connectivity index (χ3n) is 3.18. The van der Waals surface area contributed by atoms with Crippen molar-refractivity contribution >= 4 is 17.2 Å². The van der Waals surface area contributed by atoms with Gasteiger partial charge in [0.25, 0.3) is 0 Å². The number of nitrogens with one attached hydrogen (secondary N) is 1. The summed E-state index contributed by atoms with van der Waals surface area (Å²) in [6.45, 7) is 0.0587. The van der Waals surface area contributed by atoms with Gasteiger partial charge in [-0.15, -0.1) is 11.3 Å². The summed E-state index contributed by atoms with van der Waals surface area (Å²) < 4.78 is 0. The van der Waals surface area contributed by atoms with Crippen LogP contribution in [-0.2, 0) is 11.2 Å². The van der Waals surface area contributed by atoms with Crippen LogP contribution in [0.1, 0.15) is 30.6 Å². The Labute approximate surface area is 99.5 Å². The van der Waals surface area contributed by atoms with E-state index in [1.807, 2.05) is 17.5 Å². The normalized spacial score (nSPS) is 18.6. The summed E-state index contributed by atoms with van der Waals surface area (Å²) in [6.07, 6.45) is 4.43. The molecule has 0 spiro atoms. The maximum Gasteiger partial charge on any atom is 0.225 e. The van der Waals surface area contributed by atoms with Crippen LogP contribution in [-0.4, -0.2) is 23.2 Å². The molecule has 0 saturated heterocycles. The van der Waals surface area contributed by atoms with Crippen LogP contribution in [0.25, 0.3) is 0 Å². The predicted molar refractivity (Wildman–Crippen MR) is 64.5 cm³/mol. The molecule has 1 saturated carbocycles. The Balaban J connectivity index is 1.91. The fraction of sp³-hybridized carbons (Fsp3) is 0.583. The van der Waals surface area contributed by atoms with Gasteiger partial charge in [-0.1, -0.05) is 18.9 Å². The number of aliphatic hydroxyl groups excluding tert-OH is 1. The molecule has 1 amide bonds. The Morgan fingerprint density at radius 3 is 2.81 bits per heavy atom. The summed E-state index contributed by atoms with van der Waals surface area (Å²) in [4.78, 5) is 12.9. The van der Waals surface area contributed by atoms with Crippen LogP contribution in [0.2, 0.25) is 0 Å². The number of hydrogen-bond acceptors (Lipinski definition) is 3. The predicted octanol–water partition coefficient (Wildman–Crippen LogP) is 1.71. The number of thiophene rings is 1. The van der Waals surface area contributed by atoms with Crippen molar-refractivity contribution in [2.45, 2.75) is 37.6 Å². The molecule has 0 unspecified atom stereocenters. The number of carbonyl (C=O) groups is 1. The van der Waals surface area contributed by atoms with E-state index in [1.54, 1.807) is 11.3 Å². The van der Waals surface area contributed by atoms with E-state index in [2.05, 4.69) is 5.32 Å². The van der Waals surface area contributed by atoms with E-state index in [9.17, 15) is 9.90 Å². The van der Waals surface area contributed by atoms with Crippen molar-refractivity contribution in [3.05, 3.63) is 22.4 Å². The Kier molecular flexibility index (Phi) is 3.61. The maximum absolute atomic E-state index is 11.8. The zero-order valence-electron chi connectivity index (χ0n) is 9.24. The van der Waals surface area contributed by atoms with Crippen LogP contribution in [0.3, 0.4) is 0 Å². The van der Waals surface area contributed by atoms with E-state index >= 15 is 0 Å². The summed E-state index contributed by atoms with van der Waals surface area (Å²) in [5.74, 6) is 0.0263. The monoisotopic (exact) mass is 239 g/mol. The smallest absolute Gasteiger partial charge is 0.225 e. The van der Waals surface area contributed by atoms with E-state index in [0.29, 0.717) is 6.42 Å². The average molecular weight is 239 g/mol. The van der Waals surface area contributed by atoms with Gasteiger partial charge in [-0.2, -0.15) is 0 Å². The molecule has 0 aromatic carbocycles. The fourth-order valence-electron chi connectivity index (χ4n) is 2.29. The average Bonchev–Trinajstić information content (AvgIpc) is 2.90. The SMILES string of the molecule is O=C(Cc1cccs1)NC1(CO)CCCC1. The van der Waals surface area contributed by atoms with Crippen LogP contribution in [0.5, 0.6) is 0 Å². The molecule has 0 bridgehead atoms. The molecule has 1 aromatic rings. The second-order valence-corrected chi connectivity index (χ2v) is 5.48. The highest BCUT2D eigenvalue weighted by Crippen LogP contribution is 2.29. The fourth-order valence-corrected chi connectivity index (χ4v) is 2.99. The first-order chi connectivity index (χ1) is 7.74.